The second-order valence-corrected chi connectivity index (χ2v) is 3.75. The number of aliphatic carboxylic acids is 1. The Bertz CT molecular complexity index is 361. The summed E-state index contributed by atoms with van der Waals surface area (Å²) in [5.74, 6) is -0.0154. The summed E-state index contributed by atoms with van der Waals surface area (Å²) in [6, 6.07) is 6.97. The topological polar surface area (TPSA) is 49.8 Å². The molecule has 0 fully saturated rings. The highest BCUT2D eigenvalue weighted by Gasteiger charge is 2.22. The van der Waals surface area contributed by atoms with E-state index in [1.54, 1.807) is 7.11 Å². The van der Waals surface area contributed by atoms with Crippen LogP contribution in [0.1, 0.15) is 20.3 Å². The van der Waals surface area contributed by atoms with Gasteiger partial charge in [-0.15, -0.1) is 0 Å². The quantitative estimate of drug-likeness (QED) is 0.825. The van der Waals surface area contributed by atoms with Crippen LogP contribution in [-0.4, -0.2) is 30.8 Å². The zero-order valence-electron chi connectivity index (χ0n) is 10.5. The number of hydrogen-bond donors (Lipinski definition) is 1. The van der Waals surface area contributed by atoms with Crippen molar-refractivity contribution in [3.63, 3.8) is 0 Å². The van der Waals surface area contributed by atoms with Gasteiger partial charge in [0.2, 0.25) is 0 Å². The van der Waals surface area contributed by atoms with Gasteiger partial charge in [-0.2, -0.15) is 0 Å². The normalized spacial score (nSPS) is 11.9. The minimum absolute atomic E-state index is 0.478. The molecule has 1 N–H and O–H groups in total. The van der Waals surface area contributed by atoms with Crippen LogP contribution in [0.5, 0.6) is 5.75 Å². The minimum atomic E-state index is -0.787. The van der Waals surface area contributed by atoms with E-state index in [9.17, 15) is 9.90 Å². The van der Waals surface area contributed by atoms with Gasteiger partial charge in [-0.1, -0.05) is 6.92 Å². The first-order valence-corrected chi connectivity index (χ1v) is 5.77. The lowest BCUT2D eigenvalue weighted by molar-refractivity contribution is -0.138. The third kappa shape index (κ3) is 3.12. The largest absolute Gasteiger partial charge is 0.497 e. The van der Waals surface area contributed by atoms with Crippen molar-refractivity contribution in [2.45, 2.75) is 26.3 Å². The minimum Gasteiger partial charge on any atom is -0.497 e. The van der Waals surface area contributed by atoms with E-state index in [4.69, 9.17) is 4.74 Å². The number of carboxylic acids is 1. The molecule has 0 saturated carbocycles. The van der Waals surface area contributed by atoms with Crippen LogP contribution in [0.15, 0.2) is 24.3 Å². The van der Waals surface area contributed by atoms with Crippen LogP contribution >= 0.6 is 0 Å². The fourth-order valence-corrected chi connectivity index (χ4v) is 1.88. The van der Waals surface area contributed by atoms with Crippen molar-refractivity contribution in [2.24, 2.45) is 0 Å². The van der Waals surface area contributed by atoms with Crippen molar-refractivity contribution < 1.29 is 14.6 Å². The summed E-state index contributed by atoms with van der Waals surface area (Å²) in [5, 5.41) is 9.17. The Balaban J connectivity index is 2.95. The molecule has 4 heteroatoms. The molecular weight excluding hydrogens is 218 g/mol. The Morgan fingerprint density at radius 3 is 2.29 bits per heavy atom. The van der Waals surface area contributed by atoms with Gasteiger partial charge in [-0.05, 0) is 37.6 Å². The maximum absolute atomic E-state index is 11.2. The Kier molecular flexibility index (Phi) is 4.82. The van der Waals surface area contributed by atoms with Crippen LogP contribution in [0, 0.1) is 0 Å². The smallest absolute Gasteiger partial charge is 0.326 e. The summed E-state index contributed by atoms with van der Waals surface area (Å²) in [6.45, 7) is 4.50. The van der Waals surface area contributed by atoms with Crippen molar-refractivity contribution in [2.75, 3.05) is 18.6 Å². The van der Waals surface area contributed by atoms with E-state index >= 15 is 0 Å². The molecule has 1 aromatic rings. The predicted molar refractivity (Wildman–Crippen MR) is 67.7 cm³/mol. The number of nitrogens with zero attached hydrogens (tertiary/aromatic N) is 1. The van der Waals surface area contributed by atoms with Crippen LogP contribution < -0.4 is 9.64 Å². The molecule has 0 heterocycles. The van der Waals surface area contributed by atoms with Gasteiger partial charge in [0.25, 0.3) is 0 Å². The molecule has 0 amide bonds. The first kappa shape index (κ1) is 13.4. The number of benzene rings is 1. The van der Waals surface area contributed by atoms with E-state index in [2.05, 4.69) is 0 Å². The van der Waals surface area contributed by atoms with Gasteiger partial charge in [0.15, 0.2) is 0 Å². The van der Waals surface area contributed by atoms with E-state index < -0.39 is 12.0 Å². The summed E-state index contributed by atoms with van der Waals surface area (Å²) in [4.78, 5) is 13.0. The number of likely N-dealkylation sites (N-methyl/N-ethyl adjacent to an activating group) is 1. The monoisotopic (exact) mass is 237 g/mol. The summed E-state index contributed by atoms with van der Waals surface area (Å²) in [7, 11) is 1.61. The fourth-order valence-electron chi connectivity index (χ4n) is 1.88. The molecule has 0 aliphatic rings. The van der Waals surface area contributed by atoms with Gasteiger partial charge in [0.1, 0.15) is 11.8 Å². The molecule has 94 valence electrons. The molecule has 1 unspecified atom stereocenters. The van der Waals surface area contributed by atoms with Crippen LogP contribution in [0.2, 0.25) is 0 Å². The van der Waals surface area contributed by atoms with Crippen molar-refractivity contribution in [1.29, 1.82) is 0 Å². The first-order chi connectivity index (χ1) is 8.13. The number of ether oxygens (including phenoxy) is 1. The summed E-state index contributed by atoms with van der Waals surface area (Å²) < 4.78 is 5.08. The molecule has 0 bridgehead atoms. The van der Waals surface area contributed by atoms with Gasteiger partial charge in [0.05, 0.1) is 7.11 Å². The third-order valence-corrected chi connectivity index (χ3v) is 2.79. The summed E-state index contributed by atoms with van der Waals surface area (Å²) in [5.41, 5.74) is 0.905. The number of hydrogen-bond acceptors (Lipinski definition) is 3. The Labute approximate surface area is 102 Å². The number of carbonyl (C=O) groups is 1. The third-order valence-electron chi connectivity index (χ3n) is 2.79. The van der Waals surface area contributed by atoms with Crippen molar-refractivity contribution in [1.82, 2.24) is 0 Å². The Morgan fingerprint density at radius 2 is 1.94 bits per heavy atom. The first-order valence-electron chi connectivity index (χ1n) is 5.77. The maximum Gasteiger partial charge on any atom is 0.326 e. The van der Waals surface area contributed by atoms with E-state index in [-0.39, 0.29) is 0 Å². The maximum atomic E-state index is 11.2. The Hall–Kier alpha value is -1.71. The summed E-state index contributed by atoms with van der Waals surface area (Å²) in [6.07, 6.45) is 0.579. The van der Waals surface area contributed by atoms with E-state index in [0.29, 0.717) is 13.0 Å². The average Bonchev–Trinajstić information content (AvgIpc) is 2.35. The van der Waals surface area contributed by atoms with E-state index in [1.807, 2.05) is 43.0 Å². The van der Waals surface area contributed by atoms with Crippen LogP contribution in [0.4, 0.5) is 5.69 Å². The second-order valence-electron chi connectivity index (χ2n) is 3.75. The van der Waals surface area contributed by atoms with E-state index in [0.717, 1.165) is 11.4 Å². The zero-order chi connectivity index (χ0) is 12.8. The molecule has 0 aromatic heterocycles. The van der Waals surface area contributed by atoms with Crippen LogP contribution in [0.25, 0.3) is 0 Å². The van der Waals surface area contributed by atoms with Gasteiger partial charge in [0, 0.05) is 12.2 Å². The van der Waals surface area contributed by atoms with Crippen molar-refractivity contribution in [3.05, 3.63) is 24.3 Å². The van der Waals surface area contributed by atoms with Gasteiger partial charge >= 0.3 is 5.97 Å². The number of rotatable bonds is 6. The lowest BCUT2D eigenvalue weighted by atomic mass is 10.1. The lowest BCUT2D eigenvalue weighted by Gasteiger charge is -2.29. The van der Waals surface area contributed by atoms with Gasteiger partial charge in [-0.25, -0.2) is 4.79 Å². The molecule has 1 aromatic carbocycles. The highest BCUT2D eigenvalue weighted by Crippen LogP contribution is 2.22. The SMILES string of the molecule is CCC(C(=O)O)N(CC)c1ccc(OC)cc1. The molecule has 17 heavy (non-hydrogen) atoms. The molecule has 0 spiro atoms. The molecule has 4 nitrogen and oxygen atoms in total. The molecule has 0 aliphatic heterocycles. The van der Waals surface area contributed by atoms with Gasteiger partial charge < -0.3 is 14.7 Å². The molecule has 0 saturated heterocycles. The van der Waals surface area contributed by atoms with Crippen LogP contribution in [0.3, 0.4) is 0 Å². The number of methoxy groups -OCH3 is 1. The number of anilines is 1. The average molecular weight is 237 g/mol. The van der Waals surface area contributed by atoms with Gasteiger partial charge in [-0.3, -0.25) is 0 Å². The van der Waals surface area contributed by atoms with Crippen molar-refractivity contribution >= 4 is 11.7 Å². The fraction of sp³-hybridized carbons (Fsp3) is 0.462. The van der Waals surface area contributed by atoms with Crippen LogP contribution in [-0.2, 0) is 4.79 Å². The highest BCUT2D eigenvalue weighted by molar-refractivity contribution is 5.78. The molecule has 1 rings (SSSR count). The standard InChI is InChI=1S/C13H19NO3/c1-4-12(13(15)16)14(5-2)10-6-8-11(17-3)9-7-10/h6-9,12H,4-5H2,1-3H3,(H,15,16). The van der Waals surface area contributed by atoms with E-state index in [1.165, 1.54) is 0 Å². The molecule has 0 aliphatic carbocycles. The highest BCUT2D eigenvalue weighted by atomic mass is 16.5. The number of carboxylic acid groups (broad SMARTS) is 1. The second kappa shape index (κ2) is 6.13. The molecular formula is C13H19NO3. The zero-order valence-corrected chi connectivity index (χ0v) is 10.5. The molecule has 1 atom stereocenters. The molecule has 0 radical (unpaired) electrons. The lowest BCUT2D eigenvalue weighted by Crippen LogP contribution is -2.40. The van der Waals surface area contributed by atoms with Crippen molar-refractivity contribution in [3.8, 4) is 5.75 Å². The Morgan fingerprint density at radius 1 is 1.35 bits per heavy atom. The summed E-state index contributed by atoms with van der Waals surface area (Å²) >= 11 is 0. The predicted octanol–water partition coefficient (Wildman–Crippen LogP) is 2.38.